The van der Waals surface area contributed by atoms with Crippen molar-refractivity contribution in [1.82, 2.24) is 5.32 Å². The van der Waals surface area contributed by atoms with Crippen molar-refractivity contribution in [2.75, 3.05) is 13.7 Å². The van der Waals surface area contributed by atoms with Gasteiger partial charge in [-0.25, -0.2) is 9.59 Å². The fourth-order valence-electron chi connectivity index (χ4n) is 4.51. The predicted octanol–water partition coefficient (Wildman–Crippen LogP) is 4.46. The van der Waals surface area contributed by atoms with Crippen LogP contribution in [0.15, 0.2) is 64.3 Å². The summed E-state index contributed by atoms with van der Waals surface area (Å²) < 4.78 is 10.1. The maximum Gasteiger partial charge on any atom is 0.337 e. The molecule has 0 saturated carbocycles. The van der Waals surface area contributed by atoms with Crippen molar-refractivity contribution in [3.05, 3.63) is 80.3 Å². The standard InChI is InChI=1S/C25H25NO5S/c1-4-31-25(29)21-14(2)26-18-12-17(20-6-5-11-32-20)13-19(27)23(18)22(21)15-7-9-16(10-8-15)24(28)30-3/h5-11,17,22,26H,4,12-13H2,1-3H3/t17-,22-/m1/s1. The van der Waals surface area contributed by atoms with Crippen LogP contribution in [0, 0.1) is 0 Å². The van der Waals surface area contributed by atoms with Gasteiger partial charge in [-0.3, -0.25) is 4.79 Å². The fourth-order valence-corrected chi connectivity index (χ4v) is 5.34. The van der Waals surface area contributed by atoms with Gasteiger partial charge in [-0.15, -0.1) is 11.3 Å². The zero-order valence-corrected chi connectivity index (χ0v) is 19.1. The summed E-state index contributed by atoms with van der Waals surface area (Å²) >= 11 is 1.65. The minimum Gasteiger partial charge on any atom is -0.465 e. The Morgan fingerprint density at radius 2 is 1.88 bits per heavy atom. The van der Waals surface area contributed by atoms with Crippen LogP contribution in [0.3, 0.4) is 0 Å². The van der Waals surface area contributed by atoms with Gasteiger partial charge in [0.15, 0.2) is 5.78 Å². The van der Waals surface area contributed by atoms with E-state index in [0.717, 1.165) is 11.3 Å². The average Bonchev–Trinajstić information content (AvgIpc) is 3.33. The number of hydrogen-bond acceptors (Lipinski definition) is 7. The number of allylic oxidation sites excluding steroid dienone is 3. The third-order valence-corrected chi connectivity index (χ3v) is 6.97. The van der Waals surface area contributed by atoms with E-state index in [-0.39, 0.29) is 18.3 Å². The predicted molar refractivity (Wildman–Crippen MR) is 121 cm³/mol. The highest BCUT2D eigenvalue weighted by Gasteiger charge is 2.41. The number of Topliss-reactive ketones (excluding diaryl/α,β-unsaturated/α-hetero) is 1. The molecule has 7 heteroatoms. The number of benzene rings is 1. The second kappa shape index (κ2) is 9.12. The number of methoxy groups -OCH3 is 1. The Hall–Kier alpha value is -3.19. The highest BCUT2D eigenvalue weighted by molar-refractivity contribution is 7.10. The second-order valence-corrected chi connectivity index (χ2v) is 8.85. The zero-order valence-electron chi connectivity index (χ0n) is 18.3. The first kappa shape index (κ1) is 22.0. The van der Waals surface area contributed by atoms with Gasteiger partial charge in [-0.1, -0.05) is 18.2 Å². The number of ether oxygens (including phenoxy) is 2. The smallest absolute Gasteiger partial charge is 0.337 e. The third-order valence-electron chi connectivity index (χ3n) is 5.93. The first-order valence-electron chi connectivity index (χ1n) is 10.6. The SMILES string of the molecule is CCOC(=O)C1=C(C)NC2=C(C(=O)C[C@H](c3cccs3)C2)[C@@H]1c1ccc(C(=O)OC)cc1. The molecule has 0 spiro atoms. The number of carbonyl (C=O) groups is 3. The summed E-state index contributed by atoms with van der Waals surface area (Å²) in [5, 5.41) is 5.36. The zero-order chi connectivity index (χ0) is 22.8. The van der Waals surface area contributed by atoms with E-state index in [1.807, 2.05) is 18.4 Å². The van der Waals surface area contributed by atoms with Gasteiger partial charge in [-0.2, -0.15) is 0 Å². The molecule has 0 saturated heterocycles. The van der Waals surface area contributed by atoms with Crippen molar-refractivity contribution >= 4 is 29.1 Å². The number of rotatable bonds is 5. The van der Waals surface area contributed by atoms with Gasteiger partial charge >= 0.3 is 11.9 Å². The highest BCUT2D eigenvalue weighted by atomic mass is 32.1. The largest absolute Gasteiger partial charge is 0.465 e. The molecule has 4 rings (SSSR count). The van der Waals surface area contributed by atoms with E-state index in [0.29, 0.717) is 35.2 Å². The minimum absolute atomic E-state index is 0.0218. The van der Waals surface area contributed by atoms with E-state index in [9.17, 15) is 14.4 Å². The van der Waals surface area contributed by atoms with Crippen LogP contribution in [0.25, 0.3) is 0 Å². The van der Waals surface area contributed by atoms with Crippen LogP contribution in [0.1, 0.15) is 59.3 Å². The molecule has 2 atom stereocenters. The molecule has 0 bridgehead atoms. The van der Waals surface area contributed by atoms with Gasteiger partial charge in [-0.05, 0) is 49.4 Å². The van der Waals surface area contributed by atoms with Crippen molar-refractivity contribution in [3.8, 4) is 0 Å². The molecule has 2 aliphatic rings. The molecule has 2 aromatic rings. The van der Waals surface area contributed by atoms with Crippen molar-refractivity contribution in [2.45, 2.75) is 38.5 Å². The number of nitrogens with one attached hydrogen (secondary N) is 1. The van der Waals surface area contributed by atoms with Gasteiger partial charge in [0, 0.05) is 40.1 Å². The van der Waals surface area contributed by atoms with Gasteiger partial charge in [0.2, 0.25) is 0 Å². The van der Waals surface area contributed by atoms with Crippen LogP contribution < -0.4 is 5.32 Å². The molecule has 2 heterocycles. The quantitative estimate of drug-likeness (QED) is 0.676. The number of ketones is 1. The molecule has 32 heavy (non-hydrogen) atoms. The van der Waals surface area contributed by atoms with Gasteiger partial charge in [0.05, 0.1) is 24.9 Å². The van der Waals surface area contributed by atoms with E-state index in [4.69, 9.17) is 9.47 Å². The Balaban J connectivity index is 1.79. The van der Waals surface area contributed by atoms with Crippen molar-refractivity contribution < 1.29 is 23.9 Å². The Bertz CT molecular complexity index is 1110. The Morgan fingerprint density at radius 1 is 1.12 bits per heavy atom. The maximum absolute atomic E-state index is 13.4. The third kappa shape index (κ3) is 4.00. The monoisotopic (exact) mass is 451 g/mol. The topological polar surface area (TPSA) is 81.7 Å². The van der Waals surface area contributed by atoms with Crippen LogP contribution in [-0.4, -0.2) is 31.4 Å². The first-order valence-corrected chi connectivity index (χ1v) is 11.4. The number of carbonyl (C=O) groups excluding carboxylic acids is 3. The van der Waals surface area contributed by atoms with E-state index in [1.54, 1.807) is 42.5 Å². The summed E-state index contributed by atoms with van der Waals surface area (Å²) in [6.45, 7) is 3.83. The molecular formula is C25H25NO5S. The maximum atomic E-state index is 13.4. The minimum atomic E-state index is -0.547. The molecule has 1 N–H and O–H groups in total. The Labute approximate surface area is 190 Å². The number of thiophene rings is 1. The number of esters is 2. The number of hydrogen-bond donors (Lipinski definition) is 1. The summed E-state index contributed by atoms with van der Waals surface area (Å²) in [6, 6.07) is 10.9. The summed E-state index contributed by atoms with van der Waals surface area (Å²) in [7, 11) is 1.33. The lowest BCUT2D eigenvalue weighted by Gasteiger charge is -2.36. The molecular weight excluding hydrogens is 426 g/mol. The molecule has 0 unspecified atom stereocenters. The molecule has 0 amide bonds. The van der Waals surface area contributed by atoms with Crippen LogP contribution in [-0.2, 0) is 19.1 Å². The molecule has 1 aromatic heterocycles. The van der Waals surface area contributed by atoms with Gasteiger partial charge in [0.1, 0.15) is 0 Å². The summed E-state index contributed by atoms with van der Waals surface area (Å²) in [6.07, 6.45) is 1.10. The van der Waals surface area contributed by atoms with Crippen LogP contribution in [0.4, 0.5) is 0 Å². The lowest BCUT2D eigenvalue weighted by Crippen LogP contribution is -2.36. The summed E-state index contributed by atoms with van der Waals surface area (Å²) in [4.78, 5) is 39.4. The Kier molecular flexibility index (Phi) is 6.28. The molecule has 166 valence electrons. The number of dihydropyridines is 1. The lowest BCUT2D eigenvalue weighted by molar-refractivity contribution is -0.138. The van der Waals surface area contributed by atoms with Crippen molar-refractivity contribution in [3.63, 3.8) is 0 Å². The highest BCUT2D eigenvalue weighted by Crippen LogP contribution is 2.46. The average molecular weight is 452 g/mol. The molecule has 0 fully saturated rings. The van der Waals surface area contributed by atoms with Gasteiger partial charge in [0.25, 0.3) is 0 Å². The first-order chi connectivity index (χ1) is 15.4. The van der Waals surface area contributed by atoms with E-state index >= 15 is 0 Å². The molecule has 1 aromatic carbocycles. The molecule has 6 nitrogen and oxygen atoms in total. The second-order valence-electron chi connectivity index (χ2n) is 7.87. The van der Waals surface area contributed by atoms with E-state index in [2.05, 4.69) is 11.4 Å². The fraction of sp³-hybridized carbons (Fsp3) is 0.320. The van der Waals surface area contributed by atoms with Crippen LogP contribution in [0.5, 0.6) is 0 Å². The summed E-state index contributed by atoms with van der Waals surface area (Å²) in [5.41, 5.74) is 3.75. The van der Waals surface area contributed by atoms with Crippen molar-refractivity contribution in [2.24, 2.45) is 0 Å². The van der Waals surface area contributed by atoms with Crippen LogP contribution >= 0.6 is 11.3 Å². The summed E-state index contributed by atoms with van der Waals surface area (Å²) in [5.74, 6) is -1.29. The molecule has 0 radical (unpaired) electrons. The lowest BCUT2D eigenvalue weighted by atomic mass is 9.72. The van der Waals surface area contributed by atoms with Crippen LogP contribution in [0.2, 0.25) is 0 Å². The molecule has 1 aliphatic carbocycles. The van der Waals surface area contributed by atoms with Gasteiger partial charge < -0.3 is 14.8 Å². The Morgan fingerprint density at radius 3 is 2.50 bits per heavy atom. The van der Waals surface area contributed by atoms with E-state index in [1.165, 1.54) is 12.0 Å². The molecule has 1 aliphatic heterocycles. The normalized spacial score (nSPS) is 20.5. The van der Waals surface area contributed by atoms with Crippen molar-refractivity contribution in [1.29, 1.82) is 0 Å². The van der Waals surface area contributed by atoms with E-state index < -0.39 is 17.9 Å².